The summed E-state index contributed by atoms with van der Waals surface area (Å²) in [5.41, 5.74) is 0.820. The minimum Gasteiger partial charge on any atom is -0.320 e. The molecule has 20 heavy (non-hydrogen) atoms. The molecule has 0 aliphatic rings. The smallest absolute Gasteiger partial charge is 0.00221 e. The second-order valence-corrected chi connectivity index (χ2v) is 8.44. The highest BCUT2D eigenvalue weighted by Crippen LogP contribution is 2.44. The van der Waals surface area contributed by atoms with Crippen LogP contribution in [0.1, 0.15) is 60.8 Å². The maximum Gasteiger partial charge on any atom is -0.00221 e. The lowest BCUT2D eigenvalue weighted by molar-refractivity contribution is 0.0786. The maximum atomic E-state index is 3.28. The molecule has 0 aromatic carbocycles. The molecule has 0 aromatic rings. The lowest BCUT2D eigenvalue weighted by Gasteiger charge is -2.42. The van der Waals surface area contributed by atoms with Crippen molar-refractivity contribution in [2.75, 3.05) is 34.2 Å². The number of hydrogen-bond acceptors (Lipinski definition) is 2. The van der Waals surface area contributed by atoms with Gasteiger partial charge in [-0.3, -0.25) is 0 Å². The van der Waals surface area contributed by atoms with Crippen LogP contribution in [0.4, 0.5) is 0 Å². The number of hydrogen-bond donors (Lipinski definition) is 1. The molecule has 2 heteroatoms. The molecule has 0 aliphatic heterocycles. The summed E-state index contributed by atoms with van der Waals surface area (Å²) < 4.78 is 0. The van der Waals surface area contributed by atoms with Crippen molar-refractivity contribution in [1.82, 2.24) is 10.2 Å². The van der Waals surface area contributed by atoms with Gasteiger partial charge in [0.1, 0.15) is 0 Å². The van der Waals surface area contributed by atoms with Gasteiger partial charge in [0.25, 0.3) is 0 Å². The van der Waals surface area contributed by atoms with Crippen LogP contribution in [0.5, 0.6) is 0 Å². The summed E-state index contributed by atoms with van der Waals surface area (Å²) in [6.07, 6.45) is 3.87. The average molecular weight is 285 g/mol. The van der Waals surface area contributed by atoms with Gasteiger partial charge in [-0.1, -0.05) is 41.5 Å². The molecule has 0 fully saturated rings. The highest BCUT2D eigenvalue weighted by molar-refractivity contribution is 4.86. The zero-order valence-corrected chi connectivity index (χ0v) is 15.6. The molecule has 0 aromatic heterocycles. The van der Waals surface area contributed by atoms with Gasteiger partial charge in [-0.25, -0.2) is 0 Å². The fraction of sp³-hybridized carbons (Fsp3) is 1.00. The number of rotatable bonds is 10. The molecule has 0 rings (SSSR count). The summed E-state index contributed by atoms with van der Waals surface area (Å²) in [4.78, 5) is 2.30. The van der Waals surface area contributed by atoms with Crippen molar-refractivity contribution < 1.29 is 0 Å². The maximum absolute atomic E-state index is 3.28. The van der Waals surface area contributed by atoms with E-state index in [1.54, 1.807) is 0 Å². The normalized spacial score (nSPS) is 16.5. The first-order valence-electron chi connectivity index (χ1n) is 8.32. The lowest BCUT2D eigenvalue weighted by Crippen LogP contribution is -2.34. The first-order valence-corrected chi connectivity index (χ1v) is 8.32. The Morgan fingerprint density at radius 2 is 1.35 bits per heavy atom. The molecular weight excluding hydrogens is 244 g/mol. The van der Waals surface area contributed by atoms with Crippen LogP contribution in [-0.2, 0) is 0 Å². The van der Waals surface area contributed by atoms with Crippen LogP contribution in [0.3, 0.4) is 0 Å². The third-order valence-electron chi connectivity index (χ3n) is 5.42. The first kappa shape index (κ1) is 19.9. The predicted molar refractivity (Wildman–Crippen MR) is 92.2 cm³/mol. The molecule has 0 spiro atoms. The highest BCUT2D eigenvalue weighted by atomic mass is 15.0. The van der Waals surface area contributed by atoms with Crippen LogP contribution >= 0.6 is 0 Å². The third kappa shape index (κ3) is 7.08. The molecule has 2 atom stereocenters. The quantitative estimate of drug-likeness (QED) is 0.645. The van der Waals surface area contributed by atoms with Crippen LogP contribution in [0.2, 0.25) is 0 Å². The predicted octanol–water partition coefficient (Wildman–Crippen LogP) is 4.26. The Bertz CT molecular complexity index is 256. The van der Waals surface area contributed by atoms with Crippen molar-refractivity contribution >= 4 is 0 Å². The van der Waals surface area contributed by atoms with Gasteiger partial charge in [0.05, 0.1) is 0 Å². The molecule has 0 amide bonds. The van der Waals surface area contributed by atoms with Gasteiger partial charge in [-0.15, -0.1) is 0 Å². The standard InChI is InChI=1S/C18H40N2/c1-15(10-12-19-7)17(3,4)14-18(5,6)16(2)11-13-20(8)9/h15-16,19H,10-14H2,1-9H3. The van der Waals surface area contributed by atoms with E-state index >= 15 is 0 Å². The van der Waals surface area contributed by atoms with Crippen LogP contribution in [0.25, 0.3) is 0 Å². The van der Waals surface area contributed by atoms with Crippen molar-refractivity contribution in [3.63, 3.8) is 0 Å². The lowest BCUT2D eigenvalue weighted by atomic mass is 9.63. The van der Waals surface area contributed by atoms with Gasteiger partial charge in [0, 0.05) is 0 Å². The van der Waals surface area contributed by atoms with Gasteiger partial charge in [0.15, 0.2) is 0 Å². The molecule has 0 bridgehead atoms. The fourth-order valence-corrected chi connectivity index (χ4v) is 3.12. The largest absolute Gasteiger partial charge is 0.320 e. The second-order valence-electron chi connectivity index (χ2n) is 8.44. The Balaban J connectivity index is 4.54. The van der Waals surface area contributed by atoms with E-state index in [1.165, 1.54) is 25.8 Å². The van der Waals surface area contributed by atoms with Crippen molar-refractivity contribution in [2.24, 2.45) is 22.7 Å². The van der Waals surface area contributed by atoms with Crippen molar-refractivity contribution in [2.45, 2.75) is 60.8 Å². The van der Waals surface area contributed by atoms with E-state index in [1.807, 2.05) is 7.05 Å². The average Bonchev–Trinajstić information content (AvgIpc) is 2.31. The summed E-state index contributed by atoms with van der Waals surface area (Å²) in [6.45, 7) is 17.0. The van der Waals surface area contributed by atoms with Gasteiger partial charge >= 0.3 is 0 Å². The topological polar surface area (TPSA) is 15.3 Å². The van der Waals surface area contributed by atoms with E-state index in [0.717, 1.165) is 18.4 Å². The number of nitrogens with one attached hydrogen (secondary N) is 1. The SMILES string of the molecule is CNCCC(C)C(C)(C)CC(C)(C)C(C)CCN(C)C. The van der Waals surface area contributed by atoms with E-state index in [4.69, 9.17) is 0 Å². The summed E-state index contributed by atoms with van der Waals surface area (Å²) in [6, 6.07) is 0. The summed E-state index contributed by atoms with van der Waals surface area (Å²) in [7, 11) is 6.39. The Morgan fingerprint density at radius 1 is 0.900 bits per heavy atom. The van der Waals surface area contributed by atoms with E-state index < -0.39 is 0 Å². The van der Waals surface area contributed by atoms with Crippen LogP contribution < -0.4 is 5.32 Å². The Morgan fingerprint density at radius 3 is 1.75 bits per heavy atom. The summed E-state index contributed by atoms with van der Waals surface area (Å²) >= 11 is 0. The van der Waals surface area contributed by atoms with E-state index in [0.29, 0.717) is 10.8 Å². The molecule has 122 valence electrons. The van der Waals surface area contributed by atoms with E-state index in [2.05, 4.69) is 65.9 Å². The van der Waals surface area contributed by atoms with E-state index in [9.17, 15) is 0 Å². The Hall–Kier alpha value is -0.0800. The zero-order valence-electron chi connectivity index (χ0n) is 15.6. The molecule has 2 nitrogen and oxygen atoms in total. The van der Waals surface area contributed by atoms with Crippen molar-refractivity contribution in [3.8, 4) is 0 Å². The first-order chi connectivity index (χ1) is 9.03. The second kappa shape index (κ2) is 8.38. The minimum absolute atomic E-state index is 0.409. The monoisotopic (exact) mass is 284 g/mol. The molecular formula is C18H40N2. The molecule has 0 radical (unpaired) electrons. The number of nitrogens with zero attached hydrogens (tertiary/aromatic N) is 1. The minimum atomic E-state index is 0.409. The summed E-state index contributed by atoms with van der Waals surface area (Å²) in [5, 5.41) is 3.28. The molecule has 0 saturated carbocycles. The van der Waals surface area contributed by atoms with E-state index in [-0.39, 0.29) is 0 Å². The van der Waals surface area contributed by atoms with Crippen LogP contribution in [-0.4, -0.2) is 39.1 Å². The summed E-state index contributed by atoms with van der Waals surface area (Å²) in [5.74, 6) is 1.52. The molecule has 0 saturated heterocycles. The Labute approximate surface area is 128 Å². The molecule has 0 heterocycles. The molecule has 0 aliphatic carbocycles. The highest BCUT2D eigenvalue weighted by Gasteiger charge is 2.35. The Kier molecular flexibility index (Phi) is 8.35. The van der Waals surface area contributed by atoms with Gasteiger partial charge in [-0.05, 0) is 76.2 Å². The van der Waals surface area contributed by atoms with Crippen LogP contribution in [0, 0.1) is 22.7 Å². The fourth-order valence-electron chi connectivity index (χ4n) is 3.12. The van der Waals surface area contributed by atoms with Crippen molar-refractivity contribution in [3.05, 3.63) is 0 Å². The van der Waals surface area contributed by atoms with Gasteiger partial charge in [-0.2, -0.15) is 0 Å². The van der Waals surface area contributed by atoms with Crippen LogP contribution in [0.15, 0.2) is 0 Å². The zero-order chi connectivity index (χ0) is 16.0. The molecule has 1 N–H and O–H groups in total. The van der Waals surface area contributed by atoms with Gasteiger partial charge in [0.2, 0.25) is 0 Å². The third-order valence-corrected chi connectivity index (χ3v) is 5.42. The van der Waals surface area contributed by atoms with Crippen molar-refractivity contribution in [1.29, 1.82) is 0 Å². The molecule has 2 unspecified atom stereocenters. The van der Waals surface area contributed by atoms with Gasteiger partial charge < -0.3 is 10.2 Å².